The third-order valence-electron chi connectivity index (χ3n) is 2.81. The smallest absolute Gasteiger partial charge is 0.131 e. The molecule has 0 aliphatic heterocycles. The lowest BCUT2D eigenvalue weighted by Gasteiger charge is -2.21. The zero-order valence-electron chi connectivity index (χ0n) is 12.1. The summed E-state index contributed by atoms with van der Waals surface area (Å²) in [6.07, 6.45) is 0. The predicted octanol–water partition coefficient (Wildman–Crippen LogP) is 4.97. The highest BCUT2D eigenvalue weighted by Gasteiger charge is 2.11. The van der Waals surface area contributed by atoms with E-state index in [2.05, 4.69) is 60.8 Å². The first-order valence-corrected chi connectivity index (χ1v) is 7.78. The molecule has 3 heteroatoms. The molecule has 0 amide bonds. The Hall–Kier alpha value is -1.07. The molecule has 0 atom stereocenters. The number of halogens is 1. The standard InChI is InChI=1S/C17H20INO/c1-17(2,3)19-12-13-7-4-5-10-16(13)20-15-9-6-8-14(18)11-15/h4-11,19H,12H2,1-3H3. The molecule has 0 heterocycles. The minimum absolute atomic E-state index is 0.0925. The Morgan fingerprint density at radius 2 is 1.80 bits per heavy atom. The van der Waals surface area contributed by atoms with Crippen LogP contribution >= 0.6 is 22.6 Å². The van der Waals surface area contributed by atoms with Crippen molar-refractivity contribution >= 4 is 22.6 Å². The summed E-state index contributed by atoms with van der Waals surface area (Å²) in [5, 5.41) is 3.49. The van der Waals surface area contributed by atoms with E-state index in [9.17, 15) is 0 Å². The van der Waals surface area contributed by atoms with Crippen molar-refractivity contribution in [2.75, 3.05) is 0 Å². The molecule has 0 aromatic heterocycles. The van der Waals surface area contributed by atoms with Crippen LogP contribution in [0.3, 0.4) is 0 Å². The van der Waals surface area contributed by atoms with E-state index in [1.165, 1.54) is 9.13 Å². The minimum atomic E-state index is 0.0925. The van der Waals surface area contributed by atoms with E-state index in [1.807, 2.05) is 36.4 Å². The number of para-hydroxylation sites is 1. The fourth-order valence-corrected chi connectivity index (χ4v) is 2.28. The van der Waals surface area contributed by atoms with Crippen LogP contribution in [0, 0.1) is 3.57 Å². The topological polar surface area (TPSA) is 21.3 Å². The second-order valence-corrected chi connectivity index (χ2v) is 7.02. The summed E-state index contributed by atoms with van der Waals surface area (Å²) in [4.78, 5) is 0. The first-order valence-electron chi connectivity index (χ1n) is 6.70. The molecular weight excluding hydrogens is 361 g/mol. The van der Waals surface area contributed by atoms with Crippen LogP contribution in [0.5, 0.6) is 11.5 Å². The van der Waals surface area contributed by atoms with E-state index in [1.54, 1.807) is 0 Å². The van der Waals surface area contributed by atoms with Crippen molar-refractivity contribution in [1.82, 2.24) is 5.32 Å². The molecular formula is C17H20INO. The van der Waals surface area contributed by atoms with Crippen LogP contribution in [0.4, 0.5) is 0 Å². The van der Waals surface area contributed by atoms with Gasteiger partial charge in [-0.15, -0.1) is 0 Å². The molecule has 0 aliphatic carbocycles. The molecule has 0 saturated carbocycles. The number of nitrogens with one attached hydrogen (secondary N) is 1. The van der Waals surface area contributed by atoms with E-state index >= 15 is 0 Å². The molecule has 0 unspecified atom stereocenters. The van der Waals surface area contributed by atoms with Crippen LogP contribution in [-0.2, 0) is 6.54 Å². The maximum Gasteiger partial charge on any atom is 0.131 e. The van der Waals surface area contributed by atoms with Crippen molar-refractivity contribution in [3.05, 3.63) is 57.7 Å². The normalized spacial score (nSPS) is 11.4. The third-order valence-corrected chi connectivity index (χ3v) is 3.48. The predicted molar refractivity (Wildman–Crippen MR) is 92.3 cm³/mol. The molecule has 2 aromatic carbocycles. The molecule has 0 saturated heterocycles. The number of benzene rings is 2. The van der Waals surface area contributed by atoms with Crippen LogP contribution in [0.15, 0.2) is 48.5 Å². The van der Waals surface area contributed by atoms with Crippen molar-refractivity contribution in [2.24, 2.45) is 0 Å². The van der Waals surface area contributed by atoms with Crippen LogP contribution in [0.25, 0.3) is 0 Å². The number of hydrogen-bond acceptors (Lipinski definition) is 2. The zero-order chi connectivity index (χ0) is 14.6. The van der Waals surface area contributed by atoms with Crippen molar-refractivity contribution in [3.8, 4) is 11.5 Å². The van der Waals surface area contributed by atoms with E-state index in [4.69, 9.17) is 4.74 Å². The van der Waals surface area contributed by atoms with Crippen molar-refractivity contribution < 1.29 is 4.74 Å². The van der Waals surface area contributed by atoms with Crippen LogP contribution in [0.2, 0.25) is 0 Å². The number of hydrogen-bond donors (Lipinski definition) is 1. The lowest BCUT2D eigenvalue weighted by Crippen LogP contribution is -2.35. The Balaban J connectivity index is 2.15. The van der Waals surface area contributed by atoms with Crippen LogP contribution in [0.1, 0.15) is 26.3 Å². The second-order valence-electron chi connectivity index (χ2n) is 5.77. The molecule has 0 bridgehead atoms. The lowest BCUT2D eigenvalue weighted by atomic mass is 10.1. The minimum Gasteiger partial charge on any atom is -0.457 e. The SMILES string of the molecule is CC(C)(C)NCc1ccccc1Oc1cccc(I)c1. The average molecular weight is 381 g/mol. The van der Waals surface area contributed by atoms with Gasteiger partial charge in [-0.25, -0.2) is 0 Å². The molecule has 0 radical (unpaired) electrons. The summed E-state index contributed by atoms with van der Waals surface area (Å²) in [5.74, 6) is 1.78. The van der Waals surface area contributed by atoms with Gasteiger partial charge in [0, 0.05) is 21.2 Å². The molecule has 1 N–H and O–H groups in total. The maximum absolute atomic E-state index is 6.01. The van der Waals surface area contributed by atoms with Crippen molar-refractivity contribution in [3.63, 3.8) is 0 Å². The van der Waals surface area contributed by atoms with Gasteiger partial charge >= 0.3 is 0 Å². The number of rotatable bonds is 4. The van der Waals surface area contributed by atoms with Gasteiger partial charge in [0.05, 0.1) is 0 Å². The van der Waals surface area contributed by atoms with Gasteiger partial charge < -0.3 is 10.1 Å². The van der Waals surface area contributed by atoms with Gasteiger partial charge in [-0.3, -0.25) is 0 Å². The highest BCUT2D eigenvalue weighted by atomic mass is 127. The summed E-state index contributed by atoms with van der Waals surface area (Å²) in [6.45, 7) is 7.28. The highest BCUT2D eigenvalue weighted by molar-refractivity contribution is 14.1. The van der Waals surface area contributed by atoms with Gasteiger partial charge in [-0.1, -0.05) is 24.3 Å². The van der Waals surface area contributed by atoms with Crippen molar-refractivity contribution in [2.45, 2.75) is 32.9 Å². The first kappa shape index (κ1) is 15.3. The maximum atomic E-state index is 6.01. The van der Waals surface area contributed by atoms with Gasteiger partial charge in [0.2, 0.25) is 0 Å². The summed E-state index contributed by atoms with van der Waals surface area (Å²) < 4.78 is 7.18. The average Bonchev–Trinajstić information content (AvgIpc) is 2.37. The van der Waals surface area contributed by atoms with E-state index in [0.29, 0.717) is 0 Å². The van der Waals surface area contributed by atoms with Crippen molar-refractivity contribution in [1.29, 1.82) is 0 Å². The molecule has 20 heavy (non-hydrogen) atoms. The fourth-order valence-electron chi connectivity index (χ4n) is 1.77. The van der Waals surface area contributed by atoms with E-state index in [-0.39, 0.29) is 5.54 Å². The van der Waals surface area contributed by atoms with Gasteiger partial charge in [0.25, 0.3) is 0 Å². The van der Waals surface area contributed by atoms with Gasteiger partial charge in [0.15, 0.2) is 0 Å². The zero-order valence-corrected chi connectivity index (χ0v) is 14.3. The van der Waals surface area contributed by atoms with Gasteiger partial charge in [-0.2, -0.15) is 0 Å². The number of ether oxygens (including phenoxy) is 1. The van der Waals surface area contributed by atoms with E-state index < -0.39 is 0 Å². The second kappa shape index (κ2) is 6.59. The monoisotopic (exact) mass is 381 g/mol. The molecule has 2 rings (SSSR count). The Kier molecular flexibility index (Phi) is 5.05. The molecule has 2 aromatic rings. The Bertz CT molecular complexity index is 575. The van der Waals surface area contributed by atoms with Gasteiger partial charge in [0.1, 0.15) is 11.5 Å². The quantitative estimate of drug-likeness (QED) is 0.755. The summed E-state index contributed by atoms with van der Waals surface area (Å²) in [7, 11) is 0. The van der Waals surface area contributed by atoms with Gasteiger partial charge in [-0.05, 0) is 67.6 Å². The first-order chi connectivity index (χ1) is 9.44. The van der Waals surface area contributed by atoms with E-state index in [0.717, 1.165) is 18.0 Å². The Labute approximate surface area is 134 Å². The van der Waals surface area contributed by atoms with Crippen LogP contribution in [-0.4, -0.2) is 5.54 Å². The summed E-state index contributed by atoms with van der Waals surface area (Å²) in [6, 6.07) is 16.2. The lowest BCUT2D eigenvalue weighted by molar-refractivity contribution is 0.414. The van der Waals surface area contributed by atoms with Crippen LogP contribution < -0.4 is 10.1 Å². The molecule has 0 aliphatic rings. The molecule has 0 fully saturated rings. The largest absolute Gasteiger partial charge is 0.457 e. The third kappa shape index (κ3) is 4.80. The molecule has 106 valence electrons. The summed E-state index contributed by atoms with van der Waals surface area (Å²) >= 11 is 2.29. The fraction of sp³-hybridized carbons (Fsp3) is 0.294. The Morgan fingerprint density at radius 1 is 1.05 bits per heavy atom. The summed E-state index contributed by atoms with van der Waals surface area (Å²) in [5.41, 5.74) is 1.26. The molecule has 0 spiro atoms. The molecule has 2 nitrogen and oxygen atoms in total. The highest BCUT2D eigenvalue weighted by Crippen LogP contribution is 2.26. The Morgan fingerprint density at radius 3 is 2.50 bits per heavy atom.